The first kappa shape index (κ1) is 18.7. The van der Waals surface area contributed by atoms with Crippen LogP contribution in [0.25, 0.3) is 0 Å². The molecule has 1 amide bonds. The van der Waals surface area contributed by atoms with E-state index in [9.17, 15) is 4.79 Å². The minimum absolute atomic E-state index is 0.0339. The molecular formula is C16H25BrN2O3S. The molecule has 23 heavy (non-hydrogen) atoms. The number of nitrogens with one attached hydrogen (secondary N) is 1. The van der Waals surface area contributed by atoms with Gasteiger partial charge in [-0.15, -0.1) is 11.3 Å². The number of thiophene rings is 1. The molecule has 2 heterocycles. The van der Waals surface area contributed by atoms with E-state index in [1.165, 1.54) is 4.88 Å². The first-order chi connectivity index (χ1) is 10.7. The van der Waals surface area contributed by atoms with E-state index >= 15 is 0 Å². The Kier molecular flexibility index (Phi) is 6.10. The molecule has 130 valence electrons. The highest BCUT2D eigenvalue weighted by atomic mass is 79.9. The van der Waals surface area contributed by atoms with Gasteiger partial charge in [0.15, 0.2) is 0 Å². The van der Waals surface area contributed by atoms with E-state index in [2.05, 4.69) is 39.6 Å². The fourth-order valence-corrected chi connectivity index (χ4v) is 4.07. The zero-order valence-electron chi connectivity index (χ0n) is 14.3. The van der Waals surface area contributed by atoms with E-state index < -0.39 is 5.60 Å². The maximum Gasteiger partial charge on any atom is 0.410 e. The Bertz CT molecular complexity index is 544. The van der Waals surface area contributed by atoms with Gasteiger partial charge in [0, 0.05) is 34.4 Å². The van der Waals surface area contributed by atoms with E-state index in [0.29, 0.717) is 13.1 Å². The average molecular weight is 405 g/mol. The van der Waals surface area contributed by atoms with Crippen LogP contribution in [-0.2, 0) is 9.47 Å². The molecule has 0 radical (unpaired) electrons. The van der Waals surface area contributed by atoms with Gasteiger partial charge in [-0.3, -0.25) is 0 Å². The highest BCUT2D eigenvalue weighted by molar-refractivity contribution is 9.10. The van der Waals surface area contributed by atoms with Crippen molar-refractivity contribution < 1.29 is 14.3 Å². The molecule has 1 N–H and O–H groups in total. The molecule has 5 nitrogen and oxygen atoms in total. The van der Waals surface area contributed by atoms with Crippen LogP contribution in [-0.4, -0.2) is 48.9 Å². The molecule has 2 unspecified atom stereocenters. The summed E-state index contributed by atoms with van der Waals surface area (Å²) in [6.45, 7) is 8.89. The summed E-state index contributed by atoms with van der Waals surface area (Å²) >= 11 is 5.19. The number of rotatable bonds is 4. The minimum atomic E-state index is -0.484. The topological polar surface area (TPSA) is 50.8 Å². The lowest BCUT2D eigenvalue weighted by molar-refractivity contribution is 0.0252. The number of carbonyl (C=O) groups is 1. The van der Waals surface area contributed by atoms with Crippen molar-refractivity contribution in [2.45, 2.75) is 51.5 Å². The predicted octanol–water partition coefficient (Wildman–Crippen LogP) is 3.80. The summed E-state index contributed by atoms with van der Waals surface area (Å²) in [5, 5.41) is 5.64. The second kappa shape index (κ2) is 7.51. The maximum atomic E-state index is 12.2. The number of hydrogen-bond acceptors (Lipinski definition) is 5. The lowest BCUT2D eigenvalue weighted by Gasteiger charge is -2.24. The van der Waals surface area contributed by atoms with Crippen LogP contribution in [0.4, 0.5) is 4.79 Å². The molecule has 1 aliphatic rings. The Morgan fingerprint density at radius 3 is 2.70 bits per heavy atom. The molecule has 0 bridgehead atoms. The highest BCUT2D eigenvalue weighted by Gasteiger charge is 2.38. The first-order valence-electron chi connectivity index (χ1n) is 7.70. The fraction of sp³-hybridized carbons (Fsp3) is 0.688. The molecule has 0 spiro atoms. The number of carbonyl (C=O) groups excluding carboxylic acids is 1. The monoisotopic (exact) mass is 404 g/mol. The number of nitrogens with zero attached hydrogens (tertiary/aromatic N) is 1. The van der Waals surface area contributed by atoms with Gasteiger partial charge in [-0.05, 0) is 49.7 Å². The summed E-state index contributed by atoms with van der Waals surface area (Å²) in [6, 6.07) is 2.40. The summed E-state index contributed by atoms with van der Waals surface area (Å²) < 4.78 is 12.1. The number of likely N-dealkylation sites (tertiary alicyclic amines) is 1. The van der Waals surface area contributed by atoms with E-state index in [1.807, 2.05) is 20.8 Å². The van der Waals surface area contributed by atoms with Gasteiger partial charge in [0.25, 0.3) is 0 Å². The smallest absolute Gasteiger partial charge is 0.410 e. The largest absolute Gasteiger partial charge is 0.444 e. The Balaban J connectivity index is 1.97. The molecule has 1 aromatic rings. The summed E-state index contributed by atoms with van der Waals surface area (Å²) in [5.74, 6) is 0. The first-order valence-corrected chi connectivity index (χ1v) is 9.37. The van der Waals surface area contributed by atoms with Crippen molar-refractivity contribution in [2.75, 3.05) is 20.2 Å². The quantitative estimate of drug-likeness (QED) is 0.828. The van der Waals surface area contributed by atoms with Crippen LogP contribution < -0.4 is 5.32 Å². The number of methoxy groups -OCH3 is 1. The zero-order valence-corrected chi connectivity index (χ0v) is 16.7. The van der Waals surface area contributed by atoms with Gasteiger partial charge in [0.2, 0.25) is 0 Å². The zero-order chi connectivity index (χ0) is 17.2. The van der Waals surface area contributed by atoms with E-state index in [1.54, 1.807) is 23.3 Å². The maximum absolute atomic E-state index is 12.2. The molecule has 3 atom stereocenters. The summed E-state index contributed by atoms with van der Waals surface area (Å²) in [5.41, 5.74) is -0.484. The summed E-state index contributed by atoms with van der Waals surface area (Å²) in [6.07, 6.45) is -0.316. The van der Waals surface area contributed by atoms with Crippen molar-refractivity contribution >= 4 is 33.4 Å². The van der Waals surface area contributed by atoms with Crippen molar-refractivity contribution in [3.05, 3.63) is 20.8 Å². The van der Waals surface area contributed by atoms with Crippen LogP contribution >= 0.6 is 27.3 Å². The molecule has 1 aromatic heterocycles. The fourth-order valence-electron chi connectivity index (χ4n) is 2.61. The number of hydrogen-bond donors (Lipinski definition) is 1. The lowest BCUT2D eigenvalue weighted by atomic mass is 10.1. The van der Waals surface area contributed by atoms with Gasteiger partial charge < -0.3 is 19.7 Å². The molecule has 0 saturated carbocycles. The van der Waals surface area contributed by atoms with Gasteiger partial charge in [-0.2, -0.15) is 0 Å². The van der Waals surface area contributed by atoms with Crippen molar-refractivity contribution in [1.82, 2.24) is 10.2 Å². The number of halogens is 1. The van der Waals surface area contributed by atoms with Crippen molar-refractivity contribution in [3.8, 4) is 0 Å². The second-order valence-electron chi connectivity index (χ2n) is 6.82. The number of amides is 1. The Morgan fingerprint density at radius 1 is 1.48 bits per heavy atom. The van der Waals surface area contributed by atoms with Crippen molar-refractivity contribution in [1.29, 1.82) is 0 Å². The molecule has 0 aliphatic carbocycles. The standard InChI is InChI=1S/C16H25BrN2O3S/c1-10(14-6-11(17)9-23-14)18-12-7-19(8-13(12)21-5)15(20)22-16(2,3)4/h6,9-10,12-13,18H,7-8H2,1-5H3/t10?,12?,13-/m0/s1. The van der Waals surface area contributed by atoms with Gasteiger partial charge in [-0.25, -0.2) is 4.79 Å². The van der Waals surface area contributed by atoms with Gasteiger partial charge in [0.05, 0.1) is 18.7 Å². The third-order valence-electron chi connectivity index (χ3n) is 3.70. The third kappa shape index (κ3) is 5.17. The van der Waals surface area contributed by atoms with Crippen LogP contribution in [0.2, 0.25) is 0 Å². The molecule has 7 heteroatoms. The molecule has 1 aliphatic heterocycles. The second-order valence-corrected chi connectivity index (χ2v) is 8.68. The van der Waals surface area contributed by atoms with E-state index in [4.69, 9.17) is 9.47 Å². The van der Waals surface area contributed by atoms with Gasteiger partial charge in [0.1, 0.15) is 5.60 Å². The minimum Gasteiger partial charge on any atom is -0.444 e. The van der Waals surface area contributed by atoms with Gasteiger partial charge >= 0.3 is 6.09 Å². The van der Waals surface area contributed by atoms with E-state index in [-0.39, 0.29) is 24.3 Å². The third-order valence-corrected chi connectivity index (χ3v) is 5.58. The molecular weight excluding hydrogens is 380 g/mol. The summed E-state index contributed by atoms with van der Waals surface area (Å²) in [7, 11) is 1.68. The van der Waals surface area contributed by atoms with Crippen molar-refractivity contribution in [2.24, 2.45) is 0 Å². The normalized spacial score (nSPS) is 23.1. The van der Waals surface area contributed by atoms with Crippen LogP contribution in [0, 0.1) is 0 Å². The van der Waals surface area contributed by atoms with E-state index in [0.717, 1.165) is 4.47 Å². The highest BCUT2D eigenvalue weighted by Crippen LogP contribution is 2.27. The average Bonchev–Trinajstić information content (AvgIpc) is 3.03. The van der Waals surface area contributed by atoms with Crippen LogP contribution in [0.5, 0.6) is 0 Å². The number of ether oxygens (including phenoxy) is 2. The van der Waals surface area contributed by atoms with Gasteiger partial charge in [-0.1, -0.05) is 0 Å². The Hall–Kier alpha value is -0.630. The molecule has 0 aromatic carbocycles. The SMILES string of the molecule is CO[C@H]1CN(C(=O)OC(C)(C)C)CC1NC(C)c1cc(Br)cs1. The van der Waals surface area contributed by atoms with Crippen LogP contribution in [0.15, 0.2) is 15.9 Å². The van der Waals surface area contributed by atoms with Crippen LogP contribution in [0.3, 0.4) is 0 Å². The Labute approximate surface area is 150 Å². The molecule has 2 rings (SSSR count). The van der Waals surface area contributed by atoms with Crippen LogP contribution in [0.1, 0.15) is 38.6 Å². The van der Waals surface area contributed by atoms with Crippen molar-refractivity contribution in [3.63, 3.8) is 0 Å². The lowest BCUT2D eigenvalue weighted by Crippen LogP contribution is -2.41. The molecule has 1 fully saturated rings. The predicted molar refractivity (Wildman–Crippen MR) is 96.0 cm³/mol. The Morgan fingerprint density at radius 2 is 2.17 bits per heavy atom. The summed E-state index contributed by atoms with van der Waals surface area (Å²) in [4.78, 5) is 15.2. The molecule has 1 saturated heterocycles.